The lowest BCUT2D eigenvalue weighted by Crippen LogP contribution is -2.35. The van der Waals surface area contributed by atoms with Crippen LogP contribution in [0.4, 0.5) is 18.2 Å². The maximum absolute atomic E-state index is 12.9. The van der Waals surface area contributed by atoms with Crippen LogP contribution in [0.1, 0.15) is 31.7 Å². The monoisotopic (exact) mass is 469 g/mol. The third-order valence-corrected chi connectivity index (χ3v) is 6.88. The maximum Gasteiger partial charge on any atom is 0.389 e. The molecule has 1 aromatic heterocycles. The van der Waals surface area contributed by atoms with E-state index in [0.29, 0.717) is 40.2 Å². The number of aromatic nitrogens is 1. The lowest BCUT2D eigenvalue weighted by atomic mass is 10.2. The highest BCUT2D eigenvalue weighted by molar-refractivity contribution is 7.99. The first-order valence-electron chi connectivity index (χ1n) is 9.08. The molecule has 0 saturated heterocycles. The highest BCUT2D eigenvalue weighted by Gasteiger charge is 2.27. The van der Waals surface area contributed by atoms with E-state index in [1.54, 1.807) is 17.9 Å². The fourth-order valence-electron chi connectivity index (χ4n) is 2.63. The Morgan fingerprint density at radius 1 is 1.52 bits per heavy atom. The summed E-state index contributed by atoms with van der Waals surface area (Å²) >= 11 is 8.87. The van der Waals surface area contributed by atoms with E-state index in [4.69, 9.17) is 11.6 Å². The minimum atomic E-state index is -4.14. The maximum atomic E-state index is 12.9. The molecule has 1 unspecified atom stereocenters. The van der Waals surface area contributed by atoms with Crippen molar-refractivity contribution in [3.8, 4) is 0 Å². The van der Waals surface area contributed by atoms with E-state index >= 15 is 0 Å². The number of carbonyl (C=O) groups excluding carboxylic acids is 1. The van der Waals surface area contributed by atoms with Gasteiger partial charge in [0, 0.05) is 36.4 Å². The second kappa shape index (κ2) is 10.7. The van der Waals surface area contributed by atoms with Crippen molar-refractivity contribution in [3.63, 3.8) is 0 Å². The third kappa shape index (κ3) is 7.20. The number of hydrogen-bond donors (Lipinski definition) is 1. The lowest BCUT2D eigenvalue weighted by molar-refractivity contribution is -0.134. The van der Waals surface area contributed by atoms with Crippen molar-refractivity contribution in [1.82, 2.24) is 10.0 Å². The van der Waals surface area contributed by atoms with Crippen LogP contribution in [0.3, 0.4) is 0 Å². The molecular formula is C18H23ClF3N3O2S2. The number of hydrogen-bond acceptors (Lipinski definition) is 6. The minimum Gasteiger partial charge on any atom is -0.301 e. The Morgan fingerprint density at radius 2 is 2.24 bits per heavy atom. The molecule has 1 atom stereocenters. The number of allylic oxidation sites excluding steroid dienone is 2. The van der Waals surface area contributed by atoms with Gasteiger partial charge in [-0.1, -0.05) is 42.0 Å². The van der Waals surface area contributed by atoms with Crippen LogP contribution in [0.2, 0.25) is 5.15 Å². The van der Waals surface area contributed by atoms with Crippen molar-refractivity contribution >= 4 is 51.2 Å². The van der Waals surface area contributed by atoms with Crippen LogP contribution in [-0.2, 0) is 4.79 Å². The lowest BCUT2D eigenvalue weighted by Gasteiger charge is -2.23. The third-order valence-electron chi connectivity index (χ3n) is 4.06. The summed E-state index contributed by atoms with van der Waals surface area (Å²) in [6.07, 6.45) is 0.239. The molecule has 29 heavy (non-hydrogen) atoms. The van der Waals surface area contributed by atoms with Gasteiger partial charge in [0.1, 0.15) is 10.0 Å². The van der Waals surface area contributed by atoms with Crippen LogP contribution in [0, 0.1) is 5.92 Å². The number of thioether (sulfide) groups is 1. The van der Waals surface area contributed by atoms with Crippen LogP contribution in [0.25, 0.3) is 5.57 Å². The Kier molecular flexibility index (Phi) is 8.87. The molecule has 0 fully saturated rings. The first-order valence-corrected chi connectivity index (χ1v) is 11.4. The largest absolute Gasteiger partial charge is 0.389 e. The first kappa shape index (κ1) is 24.0. The molecule has 2 rings (SSSR count). The van der Waals surface area contributed by atoms with Gasteiger partial charge in [0.05, 0.1) is 6.54 Å². The molecule has 11 heteroatoms. The van der Waals surface area contributed by atoms with Gasteiger partial charge in [-0.3, -0.25) is 15.1 Å². The molecule has 2 heterocycles. The quantitative estimate of drug-likeness (QED) is 0.486. The van der Waals surface area contributed by atoms with Crippen molar-refractivity contribution in [1.29, 1.82) is 0 Å². The summed E-state index contributed by atoms with van der Waals surface area (Å²) in [7, 11) is 0. The van der Waals surface area contributed by atoms with E-state index in [2.05, 4.69) is 4.98 Å². The normalized spacial score (nSPS) is 15.4. The van der Waals surface area contributed by atoms with Gasteiger partial charge in [-0.15, -0.1) is 0 Å². The van der Waals surface area contributed by atoms with Gasteiger partial charge in [0.2, 0.25) is 5.91 Å². The summed E-state index contributed by atoms with van der Waals surface area (Å²) in [4.78, 5) is 18.7. The molecule has 0 radical (unpaired) electrons. The summed E-state index contributed by atoms with van der Waals surface area (Å²) in [6.45, 7) is 4.36. The molecular weight excluding hydrogens is 447 g/mol. The van der Waals surface area contributed by atoms with E-state index in [9.17, 15) is 23.2 Å². The van der Waals surface area contributed by atoms with Crippen molar-refractivity contribution < 1.29 is 23.2 Å². The van der Waals surface area contributed by atoms with Crippen molar-refractivity contribution in [2.45, 2.75) is 32.9 Å². The number of carbonyl (C=O) groups is 1. The van der Waals surface area contributed by atoms with E-state index in [1.165, 1.54) is 29.3 Å². The van der Waals surface area contributed by atoms with Crippen LogP contribution in [-0.4, -0.2) is 51.9 Å². The standard InChI is InChI=1S/C18H23ClF3N3O2S2/c1-3-25(16(26)12(2)11-28-9-5-7-18(20,21)22)17-14(19)23-15(29-17)13-6-4-8-24(27)10-13/h4,6,10,12,27H,3,5,7-9,11H2,1-2H3. The first-order chi connectivity index (χ1) is 13.6. The average Bonchev–Trinajstić information content (AvgIpc) is 3.02. The highest BCUT2D eigenvalue weighted by atomic mass is 35.5. The Hall–Kier alpha value is -1.23. The summed E-state index contributed by atoms with van der Waals surface area (Å²) < 4.78 is 36.6. The molecule has 1 aliphatic heterocycles. The van der Waals surface area contributed by atoms with Crippen molar-refractivity contribution in [2.24, 2.45) is 5.92 Å². The molecule has 1 aliphatic rings. The van der Waals surface area contributed by atoms with Gasteiger partial charge in [0.25, 0.3) is 0 Å². The van der Waals surface area contributed by atoms with E-state index in [1.807, 2.05) is 13.0 Å². The number of hydroxylamine groups is 2. The Labute approximate surface area is 181 Å². The van der Waals surface area contributed by atoms with Gasteiger partial charge in [-0.2, -0.15) is 24.9 Å². The molecule has 0 spiro atoms. The molecule has 0 aromatic carbocycles. The van der Waals surface area contributed by atoms with E-state index in [-0.39, 0.29) is 23.4 Å². The zero-order chi connectivity index (χ0) is 21.6. The number of rotatable bonds is 9. The molecule has 0 bridgehead atoms. The Balaban J connectivity index is 1.99. The number of thiazole rings is 1. The highest BCUT2D eigenvalue weighted by Crippen LogP contribution is 2.37. The summed E-state index contributed by atoms with van der Waals surface area (Å²) in [5.74, 6) is 0.274. The molecule has 1 aromatic rings. The van der Waals surface area contributed by atoms with Crippen molar-refractivity contribution in [3.05, 3.63) is 28.5 Å². The Bertz CT molecular complexity index is 768. The zero-order valence-corrected chi connectivity index (χ0v) is 18.5. The second-order valence-corrected chi connectivity index (χ2v) is 8.99. The number of amides is 1. The predicted octanol–water partition coefficient (Wildman–Crippen LogP) is 5.46. The fourth-order valence-corrected chi connectivity index (χ4v) is 5.01. The SMILES string of the molecule is CCN(C(=O)C(C)CSCCCC(F)(F)F)c1sc(C2=CN(O)CC=C2)nc1Cl. The zero-order valence-electron chi connectivity index (χ0n) is 16.1. The van der Waals surface area contributed by atoms with E-state index < -0.39 is 12.6 Å². The van der Waals surface area contributed by atoms with Crippen LogP contribution < -0.4 is 4.90 Å². The topological polar surface area (TPSA) is 56.7 Å². The molecule has 1 N–H and O–H groups in total. The number of halogens is 4. The summed E-state index contributed by atoms with van der Waals surface area (Å²) in [6, 6.07) is 0. The van der Waals surface area contributed by atoms with Crippen molar-refractivity contribution in [2.75, 3.05) is 29.5 Å². The van der Waals surface area contributed by atoms with Crippen LogP contribution >= 0.6 is 34.7 Å². The molecule has 0 saturated carbocycles. The van der Waals surface area contributed by atoms with Gasteiger partial charge in [-0.05, 0) is 19.1 Å². The molecule has 0 aliphatic carbocycles. The Morgan fingerprint density at radius 3 is 2.86 bits per heavy atom. The molecule has 162 valence electrons. The summed E-state index contributed by atoms with van der Waals surface area (Å²) in [5.41, 5.74) is 0.689. The van der Waals surface area contributed by atoms with E-state index in [0.717, 1.165) is 5.06 Å². The second-order valence-electron chi connectivity index (χ2n) is 6.50. The average molecular weight is 470 g/mol. The minimum absolute atomic E-state index is 0.0428. The number of alkyl halides is 3. The molecule has 5 nitrogen and oxygen atoms in total. The van der Waals surface area contributed by atoms with Gasteiger partial charge in [-0.25, -0.2) is 4.98 Å². The smallest absolute Gasteiger partial charge is 0.301 e. The van der Waals surface area contributed by atoms with Gasteiger partial charge in [0.15, 0.2) is 5.15 Å². The van der Waals surface area contributed by atoms with Gasteiger partial charge < -0.3 is 4.90 Å². The molecule has 1 amide bonds. The van der Waals surface area contributed by atoms with Crippen LogP contribution in [0.5, 0.6) is 0 Å². The van der Waals surface area contributed by atoms with Gasteiger partial charge >= 0.3 is 6.18 Å². The summed E-state index contributed by atoms with van der Waals surface area (Å²) in [5, 5.41) is 12.0. The fraction of sp³-hybridized carbons (Fsp3) is 0.556. The predicted molar refractivity (Wildman–Crippen MR) is 113 cm³/mol. The number of nitrogens with zero attached hydrogens (tertiary/aromatic N) is 3. The van der Waals surface area contributed by atoms with Crippen LogP contribution in [0.15, 0.2) is 18.4 Å². The number of anilines is 1.